The molecule has 0 amide bonds. The molecular weight excluding hydrogens is 256 g/mol. The van der Waals surface area contributed by atoms with Crippen molar-refractivity contribution in [2.75, 3.05) is 6.61 Å². The van der Waals surface area contributed by atoms with E-state index in [4.69, 9.17) is 16.3 Å². The van der Waals surface area contributed by atoms with Crippen LogP contribution in [0.4, 0.5) is 0 Å². The molecule has 0 radical (unpaired) electrons. The SMILES string of the molecule is Cc1nc(Cl)c(OCCc2cccs2)nc1C. The standard InChI is InChI=1S/C12H13ClN2OS/c1-8-9(2)15-12(11(13)14-8)16-6-5-10-4-3-7-17-10/h3-4,7H,5-6H2,1-2H3. The van der Waals surface area contributed by atoms with Crippen molar-refractivity contribution in [1.29, 1.82) is 0 Å². The van der Waals surface area contributed by atoms with Gasteiger partial charge in [-0.3, -0.25) is 0 Å². The summed E-state index contributed by atoms with van der Waals surface area (Å²) in [5, 5.41) is 2.39. The first-order chi connectivity index (χ1) is 8.16. The first-order valence-corrected chi connectivity index (χ1v) is 6.58. The van der Waals surface area contributed by atoms with Gasteiger partial charge in [0.25, 0.3) is 5.88 Å². The molecule has 0 N–H and O–H groups in total. The molecule has 0 aliphatic heterocycles. The summed E-state index contributed by atoms with van der Waals surface area (Å²) in [6, 6.07) is 4.12. The van der Waals surface area contributed by atoms with Crippen molar-refractivity contribution >= 4 is 22.9 Å². The highest BCUT2D eigenvalue weighted by Crippen LogP contribution is 2.21. The molecule has 2 rings (SSSR count). The summed E-state index contributed by atoms with van der Waals surface area (Å²) in [4.78, 5) is 9.74. The highest BCUT2D eigenvalue weighted by Gasteiger charge is 2.08. The van der Waals surface area contributed by atoms with Crippen LogP contribution in [0.3, 0.4) is 0 Å². The van der Waals surface area contributed by atoms with E-state index in [1.54, 1.807) is 11.3 Å². The van der Waals surface area contributed by atoms with Crippen LogP contribution in [0.15, 0.2) is 17.5 Å². The summed E-state index contributed by atoms with van der Waals surface area (Å²) >= 11 is 7.68. The Labute approximate surface area is 109 Å². The molecule has 0 aromatic carbocycles. The van der Waals surface area contributed by atoms with Gasteiger partial charge in [0.2, 0.25) is 0 Å². The molecule has 2 heterocycles. The van der Waals surface area contributed by atoms with E-state index in [2.05, 4.69) is 21.4 Å². The average molecular weight is 269 g/mol. The molecule has 0 saturated heterocycles. The summed E-state index contributed by atoms with van der Waals surface area (Å²) < 4.78 is 5.55. The molecule has 0 bridgehead atoms. The van der Waals surface area contributed by atoms with Gasteiger partial charge in [0.05, 0.1) is 18.0 Å². The number of nitrogens with zero attached hydrogens (tertiary/aromatic N) is 2. The minimum absolute atomic E-state index is 0.333. The number of hydrogen-bond acceptors (Lipinski definition) is 4. The first-order valence-electron chi connectivity index (χ1n) is 5.32. The second kappa shape index (κ2) is 5.47. The van der Waals surface area contributed by atoms with Crippen molar-refractivity contribution in [2.45, 2.75) is 20.3 Å². The lowest BCUT2D eigenvalue weighted by Crippen LogP contribution is -2.04. The molecule has 5 heteroatoms. The van der Waals surface area contributed by atoms with Crippen LogP contribution in [0.2, 0.25) is 5.15 Å². The zero-order chi connectivity index (χ0) is 12.3. The van der Waals surface area contributed by atoms with Crippen LogP contribution in [-0.4, -0.2) is 16.6 Å². The topological polar surface area (TPSA) is 35.0 Å². The van der Waals surface area contributed by atoms with Gasteiger partial charge in [0.15, 0.2) is 5.15 Å². The smallest absolute Gasteiger partial charge is 0.252 e. The first kappa shape index (κ1) is 12.3. The maximum Gasteiger partial charge on any atom is 0.252 e. The Kier molecular flexibility index (Phi) is 3.97. The summed E-state index contributed by atoms with van der Waals surface area (Å²) in [6.45, 7) is 4.34. The Hall–Kier alpha value is -1.13. The number of aryl methyl sites for hydroxylation is 2. The van der Waals surface area contributed by atoms with Crippen molar-refractivity contribution < 1.29 is 4.74 Å². The monoisotopic (exact) mass is 268 g/mol. The van der Waals surface area contributed by atoms with Crippen molar-refractivity contribution in [1.82, 2.24) is 9.97 Å². The molecule has 0 spiro atoms. The van der Waals surface area contributed by atoms with Gasteiger partial charge in [0.1, 0.15) is 0 Å². The van der Waals surface area contributed by atoms with Crippen LogP contribution in [0, 0.1) is 13.8 Å². The Morgan fingerprint density at radius 3 is 2.76 bits per heavy atom. The third-order valence-electron chi connectivity index (χ3n) is 2.40. The van der Waals surface area contributed by atoms with Crippen LogP contribution in [0.25, 0.3) is 0 Å². The lowest BCUT2D eigenvalue weighted by molar-refractivity contribution is 0.308. The lowest BCUT2D eigenvalue weighted by atomic mass is 10.3. The largest absolute Gasteiger partial charge is 0.475 e. The van der Waals surface area contributed by atoms with Gasteiger partial charge in [-0.1, -0.05) is 17.7 Å². The summed E-state index contributed by atoms with van der Waals surface area (Å²) in [5.74, 6) is 0.423. The number of aromatic nitrogens is 2. The van der Waals surface area contributed by atoms with Crippen molar-refractivity contribution in [3.63, 3.8) is 0 Å². The van der Waals surface area contributed by atoms with Crippen LogP contribution >= 0.6 is 22.9 Å². The van der Waals surface area contributed by atoms with Gasteiger partial charge in [-0.25, -0.2) is 9.97 Å². The Balaban J connectivity index is 1.97. The Morgan fingerprint density at radius 1 is 1.29 bits per heavy atom. The van der Waals surface area contributed by atoms with Crippen molar-refractivity contribution in [3.8, 4) is 5.88 Å². The second-order valence-corrected chi connectivity index (χ2v) is 5.06. The lowest BCUT2D eigenvalue weighted by Gasteiger charge is -2.07. The Bertz CT molecular complexity index is 499. The van der Waals surface area contributed by atoms with E-state index in [0.29, 0.717) is 17.6 Å². The van der Waals surface area contributed by atoms with Crippen LogP contribution in [-0.2, 0) is 6.42 Å². The molecular formula is C12H13ClN2OS. The zero-order valence-corrected chi connectivity index (χ0v) is 11.3. The van der Waals surface area contributed by atoms with Gasteiger partial charge in [-0.15, -0.1) is 11.3 Å². The fourth-order valence-corrected chi connectivity index (χ4v) is 2.26. The molecule has 0 fully saturated rings. The van der Waals surface area contributed by atoms with Crippen molar-refractivity contribution in [3.05, 3.63) is 38.9 Å². The maximum atomic E-state index is 5.97. The molecule has 90 valence electrons. The molecule has 0 unspecified atom stereocenters. The molecule has 0 atom stereocenters. The fourth-order valence-electron chi connectivity index (χ4n) is 1.35. The number of hydrogen-bond donors (Lipinski definition) is 0. The van der Waals surface area contributed by atoms with Gasteiger partial charge in [0, 0.05) is 11.3 Å². The summed E-state index contributed by atoms with van der Waals surface area (Å²) in [7, 11) is 0. The van der Waals surface area contributed by atoms with Crippen LogP contribution in [0.1, 0.15) is 16.3 Å². The van der Waals surface area contributed by atoms with Crippen molar-refractivity contribution in [2.24, 2.45) is 0 Å². The van der Waals surface area contributed by atoms with E-state index in [1.807, 2.05) is 19.9 Å². The van der Waals surface area contributed by atoms with Gasteiger partial charge >= 0.3 is 0 Å². The minimum atomic E-state index is 0.333. The maximum absolute atomic E-state index is 5.97. The second-order valence-electron chi connectivity index (χ2n) is 3.67. The number of ether oxygens (including phenoxy) is 1. The molecule has 0 aliphatic carbocycles. The van der Waals surface area contributed by atoms with Gasteiger partial charge < -0.3 is 4.74 Å². The summed E-state index contributed by atoms with van der Waals surface area (Å²) in [5.41, 5.74) is 1.68. The van der Waals surface area contributed by atoms with Gasteiger partial charge in [-0.2, -0.15) is 0 Å². The molecule has 0 saturated carbocycles. The predicted molar refractivity (Wildman–Crippen MR) is 70.0 cm³/mol. The van der Waals surface area contributed by atoms with E-state index in [-0.39, 0.29) is 0 Å². The number of halogens is 1. The fraction of sp³-hybridized carbons (Fsp3) is 0.333. The van der Waals surface area contributed by atoms with E-state index in [1.165, 1.54) is 4.88 Å². The number of rotatable bonds is 4. The molecule has 17 heavy (non-hydrogen) atoms. The highest BCUT2D eigenvalue weighted by atomic mass is 35.5. The highest BCUT2D eigenvalue weighted by molar-refractivity contribution is 7.09. The third-order valence-corrected chi connectivity index (χ3v) is 3.58. The van der Waals surface area contributed by atoms with E-state index in [9.17, 15) is 0 Å². The minimum Gasteiger partial charge on any atom is -0.475 e. The van der Waals surface area contributed by atoms with E-state index < -0.39 is 0 Å². The van der Waals surface area contributed by atoms with E-state index in [0.717, 1.165) is 17.8 Å². The summed E-state index contributed by atoms with van der Waals surface area (Å²) in [6.07, 6.45) is 0.864. The predicted octanol–water partition coefficient (Wildman–Crippen LogP) is 3.43. The normalized spacial score (nSPS) is 10.5. The quantitative estimate of drug-likeness (QED) is 0.852. The molecule has 2 aromatic heterocycles. The zero-order valence-electron chi connectivity index (χ0n) is 9.74. The average Bonchev–Trinajstić information content (AvgIpc) is 2.78. The molecule has 3 nitrogen and oxygen atoms in total. The van der Waals surface area contributed by atoms with Crippen LogP contribution < -0.4 is 4.74 Å². The third kappa shape index (κ3) is 3.17. The van der Waals surface area contributed by atoms with Crippen LogP contribution in [0.5, 0.6) is 5.88 Å². The van der Waals surface area contributed by atoms with Gasteiger partial charge in [-0.05, 0) is 25.3 Å². The van der Waals surface area contributed by atoms with E-state index >= 15 is 0 Å². The molecule has 0 aliphatic rings. The molecule has 2 aromatic rings. The Morgan fingerprint density at radius 2 is 2.06 bits per heavy atom. The number of thiophene rings is 1.